The van der Waals surface area contributed by atoms with E-state index in [-0.39, 0.29) is 5.41 Å². The van der Waals surface area contributed by atoms with Crippen LogP contribution in [0.1, 0.15) is 50.2 Å². The highest BCUT2D eigenvalue weighted by Gasteiger charge is 2.27. The lowest BCUT2D eigenvalue weighted by molar-refractivity contribution is 0.181. The Morgan fingerprint density at radius 3 is 2.58 bits per heavy atom. The van der Waals surface area contributed by atoms with Crippen LogP contribution in [0, 0.1) is 0 Å². The molecule has 1 aliphatic heterocycles. The quantitative estimate of drug-likeness (QED) is 0.854. The van der Waals surface area contributed by atoms with Crippen LogP contribution in [0.2, 0.25) is 0 Å². The molecule has 0 radical (unpaired) electrons. The zero-order valence-electron chi connectivity index (χ0n) is 15.1. The molecule has 0 bridgehead atoms. The molecular formula is C20H27N3O. The van der Waals surface area contributed by atoms with Crippen LogP contribution in [0.15, 0.2) is 36.4 Å². The maximum atomic E-state index is 5.29. The molecule has 24 heavy (non-hydrogen) atoms. The fourth-order valence-corrected chi connectivity index (χ4v) is 3.17. The lowest BCUT2D eigenvalue weighted by Crippen LogP contribution is -2.24. The van der Waals surface area contributed by atoms with Crippen molar-refractivity contribution in [3.63, 3.8) is 0 Å². The van der Waals surface area contributed by atoms with Crippen molar-refractivity contribution in [1.29, 1.82) is 0 Å². The SMILES string of the molecule is COCc1cc(N2CCC(c3ccccc3)C2)nc(C(C)(C)C)n1. The molecule has 0 saturated carbocycles. The largest absolute Gasteiger partial charge is 0.378 e. The number of nitrogens with zero attached hydrogens (tertiary/aromatic N) is 3. The van der Waals surface area contributed by atoms with Gasteiger partial charge in [0.2, 0.25) is 0 Å². The number of anilines is 1. The van der Waals surface area contributed by atoms with Crippen molar-refractivity contribution in [3.05, 3.63) is 53.5 Å². The Kier molecular flexibility index (Phi) is 4.86. The normalized spacial score (nSPS) is 18.2. The summed E-state index contributed by atoms with van der Waals surface area (Å²) in [5.74, 6) is 2.49. The van der Waals surface area contributed by atoms with E-state index in [1.54, 1.807) is 7.11 Å². The van der Waals surface area contributed by atoms with E-state index in [2.05, 4.69) is 67.1 Å². The lowest BCUT2D eigenvalue weighted by Gasteiger charge is -2.23. The highest BCUT2D eigenvalue weighted by molar-refractivity contribution is 5.43. The van der Waals surface area contributed by atoms with Crippen molar-refractivity contribution in [2.75, 3.05) is 25.1 Å². The molecule has 1 aromatic heterocycles. The molecule has 3 rings (SSSR count). The van der Waals surface area contributed by atoms with E-state index in [4.69, 9.17) is 9.72 Å². The molecule has 0 N–H and O–H groups in total. The second-order valence-corrected chi connectivity index (χ2v) is 7.57. The van der Waals surface area contributed by atoms with Gasteiger partial charge < -0.3 is 9.64 Å². The average Bonchev–Trinajstić information content (AvgIpc) is 3.05. The molecule has 1 aliphatic rings. The number of aromatic nitrogens is 2. The van der Waals surface area contributed by atoms with Gasteiger partial charge in [0.15, 0.2) is 0 Å². The van der Waals surface area contributed by atoms with Crippen LogP contribution >= 0.6 is 0 Å². The number of hydrogen-bond acceptors (Lipinski definition) is 4. The molecular weight excluding hydrogens is 298 g/mol. The summed E-state index contributed by atoms with van der Waals surface area (Å²) in [6.07, 6.45) is 1.17. The maximum Gasteiger partial charge on any atom is 0.136 e. The minimum atomic E-state index is -0.0724. The molecule has 128 valence electrons. The topological polar surface area (TPSA) is 38.2 Å². The van der Waals surface area contributed by atoms with Crippen molar-refractivity contribution < 1.29 is 4.74 Å². The lowest BCUT2D eigenvalue weighted by atomic mass is 9.95. The number of hydrogen-bond donors (Lipinski definition) is 0. The third kappa shape index (κ3) is 3.75. The Balaban J connectivity index is 1.85. The second kappa shape index (κ2) is 6.89. The summed E-state index contributed by atoms with van der Waals surface area (Å²) in [5.41, 5.74) is 2.30. The first-order chi connectivity index (χ1) is 11.5. The van der Waals surface area contributed by atoms with Crippen molar-refractivity contribution in [2.45, 2.75) is 45.1 Å². The van der Waals surface area contributed by atoms with Crippen LogP contribution in [0.25, 0.3) is 0 Å². The van der Waals surface area contributed by atoms with E-state index in [9.17, 15) is 0 Å². The van der Waals surface area contributed by atoms with Crippen molar-refractivity contribution in [3.8, 4) is 0 Å². The Bertz CT molecular complexity index is 679. The van der Waals surface area contributed by atoms with Gasteiger partial charge in [-0.1, -0.05) is 51.1 Å². The maximum absolute atomic E-state index is 5.29. The zero-order valence-corrected chi connectivity index (χ0v) is 15.1. The summed E-state index contributed by atoms with van der Waals surface area (Å²) >= 11 is 0. The first-order valence-corrected chi connectivity index (χ1v) is 8.64. The van der Waals surface area contributed by atoms with Crippen LogP contribution in [-0.2, 0) is 16.8 Å². The molecule has 1 aromatic carbocycles. The average molecular weight is 325 g/mol. The minimum Gasteiger partial charge on any atom is -0.378 e. The number of methoxy groups -OCH3 is 1. The zero-order chi connectivity index (χ0) is 17.2. The fourth-order valence-electron chi connectivity index (χ4n) is 3.17. The molecule has 4 nitrogen and oxygen atoms in total. The summed E-state index contributed by atoms with van der Waals surface area (Å²) in [6.45, 7) is 9.02. The standard InChI is InChI=1S/C20H27N3O/c1-20(2,3)19-21-17(14-24-4)12-18(22-19)23-11-10-16(13-23)15-8-6-5-7-9-15/h5-9,12,16H,10-11,13-14H2,1-4H3. The van der Waals surface area contributed by atoms with Crippen LogP contribution < -0.4 is 4.90 Å². The van der Waals surface area contributed by atoms with Gasteiger partial charge in [-0.25, -0.2) is 9.97 Å². The second-order valence-electron chi connectivity index (χ2n) is 7.57. The van der Waals surface area contributed by atoms with E-state index in [1.807, 2.05) is 0 Å². The molecule has 1 unspecified atom stereocenters. The van der Waals surface area contributed by atoms with Gasteiger partial charge in [-0.15, -0.1) is 0 Å². The van der Waals surface area contributed by atoms with Crippen LogP contribution in [0.4, 0.5) is 5.82 Å². The van der Waals surface area contributed by atoms with E-state index < -0.39 is 0 Å². The van der Waals surface area contributed by atoms with E-state index >= 15 is 0 Å². The molecule has 0 amide bonds. The van der Waals surface area contributed by atoms with Crippen molar-refractivity contribution in [1.82, 2.24) is 9.97 Å². The Hall–Kier alpha value is -1.94. The molecule has 4 heteroatoms. The predicted molar refractivity (Wildman–Crippen MR) is 97.5 cm³/mol. The van der Waals surface area contributed by atoms with Crippen LogP contribution in [-0.4, -0.2) is 30.2 Å². The molecule has 1 atom stereocenters. The number of benzene rings is 1. The van der Waals surface area contributed by atoms with Gasteiger partial charge in [0.25, 0.3) is 0 Å². The van der Waals surface area contributed by atoms with Gasteiger partial charge in [-0.05, 0) is 12.0 Å². The van der Waals surface area contributed by atoms with Gasteiger partial charge in [-0.3, -0.25) is 0 Å². The summed E-state index contributed by atoms with van der Waals surface area (Å²) in [4.78, 5) is 11.9. The van der Waals surface area contributed by atoms with Gasteiger partial charge in [0.1, 0.15) is 11.6 Å². The van der Waals surface area contributed by atoms with Gasteiger partial charge in [-0.2, -0.15) is 0 Å². The Morgan fingerprint density at radius 2 is 1.92 bits per heavy atom. The molecule has 1 saturated heterocycles. The predicted octanol–water partition coefficient (Wildman–Crippen LogP) is 3.91. The molecule has 0 spiro atoms. The third-order valence-corrected chi connectivity index (χ3v) is 4.51. The first kappa shape index (κ1) is 16.9. The van der Waals surface area contributed by atoms with Crippen LogP contribution in [0.3, 0.4) is 0 Å². The van der Waals surface area contributed by atoms with Crippen molar-refractivity contribution in [2.24, 2.45) is 0 Å². The third-order valence-electron chi connectivity index (χ3n) is 4.51. The minimum absolute atomic E-state index is 0.0724. The Labute approximate surface area is 144 Å². The van der Waals surface area contributed by atoms with E-state index in [0.717, 1.165) is 30.4 Å². The summed E-state index contributed by atoms with van der Waals surface area (Å²) < 4.78 is 5.29. The first-order valence-electron chi connectivity index (χ1n) is 8.64. The summed E-state index contributed by atoms with van der Waals surface area (Å²) in [7, 11) is 1.71. The summed E-state index contributed by atoms with van der Waals surface area (Å²) in [5, 5.41) is 0. The van der Waals surface area contributed by atoms with Gasteiger partial charge in [0.05, 0.1) is 12.3 Å². The molecule has 1 fully saturated rings. The number of rotatable bonds is 4. The van der Waals surface area contributed by atoms with Crippen molar-refractivity contribution >= 4 is 5.82 Å². The summed E-state index contributed by atoms with van der Waals surface area (Å²) in [6, 6.07) is 12.9. The van der Waals surface area contributed by atoms with E-state index in [0.29, 0.717) is 12.5 Å². The smallest absolute Gasteiger partial charge is 0.136 e. The number of ether oxygens (including phenoxy) is 1. The highest BCUT2D eigenvalue weighted by Crippen LogP contribution is 2.31. The van der Waals surface area contributed by atoms with Crippen LogP contribution in [0.5, 0.6) is 0 Å². The highest BCUT2D eigenvalue weighted by atomic mass is 16.5. The molecule has 2 aromatic rings. The van der Waals surface area contributed by atoms with Gasteiger partial charge in [0, 0.05) is 37.6 Å². The fraction of sp³-hybridized carbons (Fsp3) is 0.500. The Morgan fingerprint density at radius 1 is 1.17 bits per heavy atom. The van der Waals surface area contributed by atoms with E-state index in [1.165, 1.54) is 12.0 Å². The van der Waals surface area contributed by atoms with Gasteiger partial charge >= 0.3 is 0 Å². The monoisotopic (exact) mass is 325 g/mol. The molecule has 0 aliphatic carbocycles. The molecule has 2 heterocycles.